The summed E-state index contributed by atoms with van der Waals surface area (Å²) in [5, 5.41) is 9.34. The van der Waals surface area contributed by atoms with Gasteiger partial charge < -0.3 is 5.11 Å². The summed E-state index contributed by atoms with van der Waals surface area (Å²) in [6, 6.07) is 0. The average molecular weight is 425 g/mol. The smallest absolute Gasteiger partial charge is 0.331 e. The average Bonchev–Trinajstić information content (AvgIpc) is 2.68. The second-order valence-electron chi connectivity index (χ2n) is 8.46. The van der Waals surface area contributed by atoms with Gasteiger partial charge in [0.25, 0.3) is 0 Å². The van der Waals surface area contributed by atoms with E-state index in [2.05, 4.69) is 19.1 Å². The van der Waals surface area contributed by atoms with Crippen LogP contribution in [0.5, 0.6) is 0 Å². The normalized spacial score (nSPS) is 15.6. The highest BCUT2D eigenvalue weighted by Crippen LogP contribution is 2.18. The fourth-order valence-electron chi connectivity index (χ4n) is 3.18. The molecule has 168 valence electrons. The van der Waals surface area contributed by atoms with Gasteiger partial charge in [0.1, 0.15) is 0 Å². The molecule has 0 aromatic heterocycles. The summed E-state index contributed by atoms with van der Waals surface area (Å²) in [4.78, 5) is 35.1. The van der Waals surface area contributed by atoms with Crippen molar-refractivity contribution in [2.75, 3.05) is 0 Å². The van der Waals surface area contributed by atoms with Gasteiger partial charge in [-0.05, 0) is 91.7 Å². The molecule has 1 rings (SSSR count). The maximum absolute atomic E-state index is 12.0. The van der Waals surface area contributed by atoms with E-state index in [9.17, 15) is 19.5 Å². The van der Waals surface area contributed by atoms with Gasteiger partial charge in [0.2, 0.25) is 0 Å². The molecule has 0 fully saturated rings. The lowest BCUT2D eigenvalue weighted by atomic mass is 9.95. The van der Waals surface area contributed by atoms with Gasteiger partial charge in [-0.2, -0.15) is 0 Å². The van der Waals surface area contributed by atoms with Crippen LogP contribution in [0, 0.1) is 0 Å². The molecule has 0 aromatic carbocycles. The van der Waals surface area contributed by atoms with E-state index in [4.69, 9.17) is 0 Å². The van der Waals surface area contributed by atoms with E-state index >= 15 is 0 Å². The number of carbonyl (C=O) groups is 3. The SMILES string of the molecule is CC(C)=CCC/C(=C/CC/C(C)=C/CC/C(C)=C/CC1=CC(=O)C(C)=CC1=O)C(=O)O. The predicted octanol–water partition coefficient (Wildman–Crippen LogP) is 6.61. The lowest BCUT2D eigenvalue weighted by Gasteiger charge is -2.08. The third kappa shape index (κ3) is 10.7. The molecule has 0 saturated heterocycles. The number of ketones is 2. The van der Waals surface area contributed by atoms with Crippen molar-refractivity contribution in [1.82, 2.24) is 0 Å². The third-order valence-corrected chi connectivity index (χ3v) is 5.23. The number of allylic oxidation sites excluding steroid dienone is 11. The van der Waals surface area contributed by atoms with Gasteiger partial charge in [-0.3, -0.25) is 9.59 Å². The molecule has 0 radical (unpaired) electrons. The summed E-state index contributed by atoms with van der Waals surface area (Å²) in [6.07, 6.45) is 16.1. The minimum absolute atomic E-state index is 0.0773. The second-order valence-corrected chi connectivity index (χ2v) is 8.46. The minimum Gasteiger partial charge on any atom is -0.478 e. The first kappa shape index (κ1) is 26.3. The Morgan fingerprint density at radius 2 is 1.39 bits per heavy atom. The van der Waals surface area contributed by atoms with E-state index in [0.717, 1.165) is 32.1 Å². The Labute approximate surface area is 186 Å². The van der Waals surface area contributed by atoms with Crippen molar-refractivity contribution in [3.8, 4) is 0 Å². The molecule has 0 bridgehead atoms. The molecule has 4 heteroatoms. The van der Waals surface area contributed by atoms with Crippen LogP contribution in [0.1, 0.15) is 79.6 Å². The first-order valence-corrected chi connectivity index (χ1v) is 10.9. The zero-order valence-electron chi connectivity index (χ0n) is 19.6. The molecule has 0 aromatic rings. The fourth-order valence-corrected chi connectivity index (χ4v) is 3.18. The first-order chi connectivity index (χ1) is 14.6. The number of carboxylic acids is 1. The van der Waals surface area contributed by atoms with Crippen LogP contribution >= 0.6 is 0 Å². The zero-order chi connectivity index (χ0) is 23.4. The molecule has 0 amide bonds. The molecular weight excluding hydrogens is 388 g/mol. The van der Waals surface area contributed by atoms with Gasteiger partial charge in [-0.25, -0.2) is 4.79 Å². The molecule has 1 aliphatic rings. The van der Waals surface area contributed by atoms with Crippen molar-refractivity contribution in [2.45, 2.75) is 79.6 Å². The van der Waals surface area contributed by atoms with Crippen molar-refractivity contribution < 1.29 is 19.5 Å². The Kier molecular flexibility index (Phi) is 11.5. The van der Waals surface area contributed by atoms with Crippen molar-refractivity contribution >= 4 is 17.5 Å². The fraction of sp³-hybridized carbons (Fsp3) is 0.444. The summed E-state index contributed by atoms with van der Waals surface area (Å²) in [5.41, 5.74) is 5.16. The number of hydrogen-bond donors (Lipinski definition) is 1. The van der Waals surface area contributed by atoms with E-state index in [-0.39, 0.29) is 11.6 Å². The summed E-state index contributed by atoms with van der Waals surface area (Å²) in [5.74, 6) is -0.994. The Hall–Kier alpha value is -2.75. The predicted molar refractivity (Wildman–Crippen MR) is 127 cm³/mol. The van der Waals surface area contributed by atoms with Crippen molar-refractivity contribution in [1.29, 1.82) is 0 Å². The van der Waals surface area contributed by atoms with Crippen LogP contribution in [0.2, 0.25) is 0 Å². The molecule has 0 saturated carbocycles. The van der Waals surface area contributed by atoms with Gasteiger partial charge >= 0.3 is 5.97 Å². The molecule has 0 heterocycles. The standard InChI is InChI=1S/C27H36O4/c1-19(2)9-6-13-23(27(30)31)14-8-12-20(3)10-7-11-21(4)15-16-24-18-25(28)22(5)17-26(24)29/h9-10,14-15,17-18H,6-8,11-13,16H2,1-5H3,(H,30,31)/b20-10+,21-15+,23-14-. The topological polar surface area (TPSA) is 71.4 Å². The summed E-state index contributed by atoms with van der Waals surface area (Å²) in [6.45, 7) is 9.80. The van der Waals surface area contributed by atoms with E-state index in [1.807, 2.05) is 32.9 Å². The molecule has 1 N–H and O–H groups in total. The maximum atomic E-state index is 12.0. The van der Waals surface area contributed by atoms with Crippen LogP contribution in [0.3, 0.4) is 0 Å². The Balaban J connectivity index is 2.46. The van der Waals surface area contributed by atoms with Gasteiger partial charge in [0, 0.05) is 16.7 Å². The van der Waals surface area contributed by atoms with E-state index in [1.54, 1.807) is 6.92 Å². The molecule has 4 nitrogen and oxygen atoms in total. The highest BCUT2D eigenvalue weighted by atomic mass is 16.4. The molecule has 0 aliphatic heterocycles. The number of hydrogen-bond acceptors (Lipinski definition) is 3. The van der Waals surface area contributed by atoms with Crippen LogP contribution in [0.4, 0.5) is 0 Å². The van der Waals surface area contributed by atoms with Crippen LogP contribution in [-0.2, 0) is 14.4 Å². The lowest BCUT2D eigenvalue weighted by molar-refractivity contribution is -0.132. The maximum Gasteiger partial charge on any atom is 0.331 e. The first-order valence-electron chi connectivity index (χ1n) is 10.9. The second kappa shape index (κ2) is 13.5. The van der Waals surface area contributed by atoms with E-state index in [0.29, 0.717) is 29.6 Å². The van der Waals surface area contributed by atoms with Gasteiger partial charge in [-0.15, -0.1) is 0 Å². The van der Waals surface area contributed by atoms with Crippen molar-refractivity contribution in [3.63, 3.8) is 0 Å². The van der Waals surface area contributed by atoms with E-state index in [1.165, 1.54) is 28.9 Å². The quantitative estimate of drug-likeness (QED) is 0.217. The highest BCUT2D eigenvalue weighted by molar-refractivity contribution is 6.19. The largest absolute Gasteiger partial charge is 0.478 e. The monoisotopic (exact) mass is 424 g/mol. The van der Waals surface area contributed by atoms with Crippen LogP contribution in [0.15, 0.2) is 69.9 Å². The molecule has 31 heavy (non-hydrogen) atoms. The molecule has 1 aliphatic carbocycles. The summed E-state index contributed by atoms with van der Waals surface area (Å²) in [7, 11) is 0. The lowest BCUT2D eigenvalue weighted by Crippen LogP contribution is -2.11. The summed E-state index contributed by atoms with van der Waals surface area (Å²) >= 11 is 0. The number of carboxylic acid groups (broad SMARTS) is 1. The highest BCUT2D eigenvalue weighted by Gasteiger charge is 2.16. The van der Waals surface area contributed by atoms with Gasteiger partial charge in [0.05, 0.1) is 0 Å². The summed E-state index contributed by atoms with van der Waals surface area (Å²) < 4.78 is 0. The van der Waals surface area contributed by atoms with E-state index < -0.39 is 5.97 Å². The molecule has 0 unspecified atom stereocenters. The van der Waals surface area contributed by atoms with Crippen LogP contribution in [-0.4, -0.2) is 22.6 Å². The minimum atomic E-state index is -0.830. The Morgan fingerprint density at radius 1 is 0.806 bits per heavy atom. The Morgan fingerprint density at radius 3 is 2.00 bits per heavy atom. The third-order valence-electron chi connectivity index (χ3n) is 5.23. The van der Waals surface area contributed by atoms with Gasteiger partial charge in [0.15, 0.2) is 11.6 Å². The van der Waals surface area contributed by atoms with Crippen LogP contribution < -0.4 is 0 Å². The van der Waals surface area contributed by atoms with Gasteiger partial charge in [-0.1, -0.05) is 41.0 Å². The van der Waals surface area contributed by atoms with Crippen molar-refractivity contribution in [2.24, 2.45) is 0 Å². The molecular formula is C27H36O4. The molecule has 0 spiro atoms. The zero-order valence-corrected chi connectivity index (χ0v) is 19.6. The van der Waals surface area contributed by atoms with Crippen molar-refractivity contribution in [3.05, 3.63) is 69.9 Å². The number of carbonyl (C=O) groups excluding carboxylic acids is 2. The Bertz CT molecular complexity index is 869. The number of aliphatic carboxylic acids is 1. The van der Waals surface area contributed by atoms with Crippen LogP contribution in [0.25, 0.3) is 0 Å². The number of rotatable bonds is 12. The molecule has 0 atom stereocenters.